The lowest BCUT2D eigenvalue weighted by molar-refractivity contribution is -0.140. The molecule has 2 aromatic carbocycles. The number of aromatic nitrogens is 4. The topological polar surface area (TPSA) is 100.0 Å². The first kappa shape index (κ1) is 18.6. The first-order valence-corrected chi connectivity index (χ1v) is 8.96. The Hall–Kier alpha value is -4.39. The van der Waals surface area contributed by atoms with Gasteiger partial charge in [0.2, 0.25) is 5.89 Å². The highest BCUT2D eigenvalue weighted by Crippen LogP contribution is 2.38. The van der Waals surface area contributed by atoms with Crippen LogP contribution >= 0.6 is 0 Å². The Morgan fingerprint density at radius 1 is 1.00 bits per heavy atom. The summed E-state index contributed by atoms with van der Waals surface area (Å²) in [6, 6.07) is 16.1. The van der Waals surface area contributed by atoms with Gasteiger partial charge in [0, 0.05) is 0 Å². The number of para-hydroxylation sites is 2. The SMILES string of the molecule is N#Cc1nc2c(-c3ccccc3)c(C(F)(F)F)[nH]n2c(=O)c1-c1nc2ccccc2o1. The van der Waals surface area contributed by atoms with Gasteiger partial charge in [-0.2, -0.15) is 22.9 Å². The minimum Gasteiger partial charge on any atom is -0.436 e. The summed E-state index contributed by atoms with van der Waals surface area (Å²) in [5.41, 5.74) is -2.46. The maximum absolute atomic E-state index is 13.8. The van der Waals surface area contributed by atoms with Gasteiger partial charge in [-0.05, 0) is 17.7 Å². The molecule has 0 spiro atoms. The van der Waals surface area contributed by atoms with Gasteiger partial charge in [0.05, 0.1) is 5.56 Å². The molecule has 0 fully saturated rings. The van der Waals surface area contributed by atoms with Gasteiger partial charge >= 0.3 is 6.18 Å². The highest BCUT2D eigenvalue weighted by Gasteiger charge is 2.38. The van der Waals surface area contributed by atoms with Crippen molar-refractivity contribution in [3.63, 3.8) is 0 Å². The number of halogens is 3. The predicted octanol–water partition coefficient (Wildman–Crippen LogP) is 4.39. The summed E-state index contributed by atoms with van der Waals surface area (Å²) in [4.78, 5) is 21.5. The van der Waals surface area contributed by atoms with Crippen molar-refractivity contribution in [2.75, 3.05) is 0 Å². The number of aromatic amines is 1. The van der Waals surface area contributed by atoms with Gasteiger partial charge in [-0.3, -0.25) is 9.89 Å². The Balaban J connectivity index is 1.88. The number of nitrogens with zero attached hydrogens (tertiary/aromatic N) is 4. The minimum absolute atomic E-state index is 0.193. The van der Waals surface area contributed by atoms with E-state index < -0.39 is 17.4 Å². The van der Waals surface area contributed by atoms with Gasteiger partial charge in [-0.1, -0.05) is 42.5 Å². The van der Waals surface area contributed by atoms with E-state index in [1.54, 1.807) is 48.5 Å². The number of oxazole rings is 1. The highest BCUT2D eigenvalue weighted by molar-refractivity contribution is 5.82. The van der Waals surface area contributed by atoms with E-state index in [1.165, 1.54) is 12.1 Å². The van der Waals surface area contributed by atoms with E-state index in [-0.39, 0.29) is 33.9 Å². The molecule has 5 rings (SSSR count). The number of fused-ring (bicyclic) bond motifs is 2. The van der Waals surface area contributed by atoms with Crippen LogP contribution in [0.15, 0.2) is 63.8 Å². The summed E-state index contributed by atoms with van der Waals surface area (Å²) in [5.74, 6) is -0.200. The van der Waals surface area contributed by atoms with Crippen LogP contribution in [0, 0.1) is 11.3 Å². The molecule has 1 N–H and O–H groups in total. The van der Waals surface area contributed by atoms with Crippen molar-refractivity contribution >= 4 is 16.7 Å². The summed E-state index contributed by atoms with van der Waals surface area (Å²) in [5, 5.41) is 11.7. The summed E-state index contributed by atoms with van der Waals surface area (Å²) in [6.45, 7) is 0. The summed E-state index contributed by atoms with van der Waals surface area (Å²) in [7, 11) is 0. The van der Waals surface area contributed by atoms with E-state index in [4.69, 9.17) is 4.42 Å². The van der Waals surface area contributed by atoms with E-state index in [1.807, 2.05) is 0 Å². The summed E-state index contributed by atoms with van der Waals surface area (Å²) >= 11 is 0. The van der Waals surface area contributed by atoms with Crippen molar-refractivity contribution in [2.24, 2.45) is 0 Å². The standard InChI is InChI=1S/C21H10F3N5O2/c22-21(23,24)17-15(11-6-2-1-3-7-11)18-26-13(10-25)16(20(30)29(18)28-17)19-27-12-8-4-5-9-14(12)31-19/h1-9,28H. The maximum Gasteiger partial charge on any atom is 0.433 e. The van der Waals surface area contributed by atoms with Gasteiger partial charge in [-0.25, -0.2) is 9.97 Å². The molecule has 0 aliphatic carbocycles. The first-order valence-electron chi connectivity index (χ1n) is 8.96. The van der Waals surface area contributed by atoms with Crippen LogP contribution in [0.25, 0.3) is 39.3 Å². The molecule has 3 aromatic heterocycles. The average Bonchev–Trinajstić information content (AvgIpc) is 3.35. The van der Waals surface area contributed by atoms with Crippen LogP contribution in [-0.2, 0) is 6.18 Å². The molecule has 7 nitrogen and oxygen atoms in total. The van der Waals surface area contributed by atoms with E-state index in [2.05, 4.69) is 15.1 Å². The minimum atomic E-state index is -4.80. The van der Waals surface area contributed by atoms with E-state index in [0.717, 1.165) is 0 Å². The maximum atomic E-state index is 13.8. The van der Waals surface area contributed by atoms with Crippen molar-refractivity contribution < 1.29 is 17.6 Å². The quantitative estimate of drug-likeness (QED) is 0.456. The Bertz CT molecular complexity index is 1520. The Morgan fingerprint density at radius 3 is 2.39 bits per heavy atom. The number of alkyl halides is 3. The zero-order valence-corrected chi connectivity index (χ0v) is 15.4. The van der Waals surface area contributed by atoms with Gasteiger partial charge in [0.25, 0.3) is 5.56 Å². The molecule has 152 valence electrons. The number of benzene rings is 2. The second-order valence-electron chi connectivity index (χ2n) is 6.62. The highest BCUT2D eigenvalue weighted by atomic mass is 19.4. The monoisotopic (exact) mass is 421 g/mol. The lowest BCUT2D eigenvalue weighted by atomic mass is 10.1. The summed E-state index contributed by atoms with van der Waals surface area (Å²) in [6.07, 6.45) is -4.80. The zero-order chi connectivity index (χ0) is 21.8. The molecule has 0 radical (unpaired) electrons. The molecule has 0 bridgehead atoms. The van der Waals surface area contributed by atoms with Crippen molar-refractivity contribution in [1.82, 2.24) is 19.6 Å². The van der Waals surface area contributed by atoms with Gasteiger partial charge in [0.15, 0.2) is 16.9 Å². The molecule has 31 heavy (non-hydrogen) atoms. The fourth-order valence-corrected chi connectivity index (χ4v) is 3.41. The smallest absolute Gasteiger partial charge is 0.433 e. The molecule has 5 aromatic rings. The lowest BCUT2D eigenvalue weighted by Crippen LogP contribution is -2.20. The Kier molecular flexibility index (Phi) is 3.94. The summed E-state index contributed by atoms with van der Waals surface area (Å²) < 4.78 is 47.6. The Labute approximate surface area is 171 Å². The largest absolute Gasteiger partial charge is 0.436 e. The van der Waals surface area contributed by atoms with Crippen molar-refractivity contribution in [1.29, 1.82) is 5.26 Å². The third-order valence-electron chi connectivity index (χ3n) is 4.74. The molecule has 3 heterocycles. The van der Waals surface area contributed by atoms with Crippen LogP contribution in [0.4, 0.5) is 13.2 Å². The van der Waals surface area contributed by atoms with Crippen LogP contribution in [0.3, 0.4) is 0 Å². The molecule has 0 saturated carbocycles. The predicted molar refractivity (Wildman–Crippen MR) is 104 cm³/mol. The van der Waals surface area contributed by atoms with Crippen LogP contribution in [0.1, 0.15) is 11.4 Å². The second-order valence-corrected chi connectivity index (χ2v) is 6.62. The van der Waals surface area contributed by atoms with Crippen LogP contribution in [0.5, 0.6) is 0 Å². The van der Waals surface area contributed by atoms with E-state index >= 15 is 0 Å². The number of H-pyrrole nitrogens is 1. The van der Waals surface area contributed by atoms with E-state index in [0.29, 0.717) is 15.6 Å². The van der Waals surface area contributed by atoms with Crippen molar-refractivity contribution in [2.45, 2.75) is 6.18 Å². The number of rotatable bonds is 2. The van der Waals surface area contributed by atoms with Gasteiger partial charge < -0.3 is 4.42 Å². The molecule has 0 atom stereocenters. The van der Waals surface area contributed by atoms with Gasteiger partial charge in [0.1, 0.15) is 22.8 Å². The molecular formula is C21H10F3N5O2. The van der Waals surface area contributed by atoms with Crippen LogP contribution < -0.4 is 5.56 Å². The molecule has 0 amide bonds. The molecule has 0 aliphatic heterocycles. The fourth-order valence-electron chi connectivity index (χ4n) is 3.41. The Morgan fingerprint density at radius 2 is 1.71 bits per heavy atom. The van der Waals surface area contributed by atoms with E-state index in [9.17, 15) is 23.2 Å². The van der Waals surface area contributed by atoms with Crippen LogP contribution in [-0.4, -0.2) is 19.6 Å². The third kappa shape index (κ3) is 2.86. The lowest BCUT2D eigenvalue weighted by Gasteiger charge is -2.07. The molecular weight excluding hydrogens is 411 g/mol. The van der Waals surface area contributed by atoms with Gasteiger partial charge in [-0.15, -0.1) is 0 Å². The zero-order valence-electron chi connectivity index (χ0n) is 15.4. The second kappa shape index (κ2) is 6.56. The third-order valence-corrected chi connectivity index (χ3v) is 4.74. The fraction of sp³-hybridized carbons (Fsp3) is 0.0476. The average molecular weight is 421 g/mol. The number of hydrogen-bond donors (Lipinski definition) is 1. The molecule has 0 aliphatic rings. The van der Waals surface area contributed by atoms with Crippen molar-refractivity contribution in [3.8, 4) is 28.7 Å². The van der Waals surface area contributed by atoms with Crippen molar-refractivity contribution in [3.05, 3.63) is 76.3 Å². The molecule has 10 heteroatoms. The first-order chi connectivity index (χ1) is 14.9. The van der Waals surface area contributed by atoms with Crippen LogP contribution in [0.2, 0.25) is 0 Å². The normalized spacial score (nSPS) is 11.8. The molecule has 0 saturated heterocycles. The molecule has 0 unspecified atom stereocenters. The number of nitriles is 1. The number of nitrogens with one attached hydrogen (secondary N) is 1. The number of hydrogen-bond acceptors (Lipinski definition) is 5.